The number of rotatable bonds is 6. The van der Waals surface area contributed by atoms with E-state index in [1.165, 1.54) is 20.3 Å². The fraction of sp³-hybridized carbons (Fsp3) is 0.440. The summed E-state index contributed by atoms with van der Waals surface area (Å²) in [5.41, 5.74) is 2.59. The van der Waals surface area contributed by atoms with Gasteiger partial charge in [-0.3, -0.25) is 30.2 Å². The summed E-state index contributed by atoms with van der Waals surface area (Å²) >= 11 is 0. The number of anilines is 4. The van der Waals surface area contributed by atoms with Crippen LogP contribution >= 0.6 is 0 Å². The van der Waals surface area contributed by atoms with Crippen LogP contribution in [0.3, 0.4) is 0 Å². The summed E-state index contributed by atoms with van der Waals surface area (Å²) in [7, 11) is 2.43. The Morgan fingerprint density at radius 1 is 0.671 bits per heavy atom. The molecular weight excluding hydrogens is 905 g/mol. The van der Waals surface area contributed by atoms with Crippen molar-refractivity contribution in [3.8, 4) is 22.3 Å². The first kappa shape index (κ1) is 52.1. The smallest absolute Gasteiger partial charge is 0.411 e. The van der Waals surface area contributed by atoms with Crippen LogP contribution < -0.4 is 31.9 Å². The normalized spacial score (nSPS) is 20.6. The average Bonchev–Trinajstić information content (AvgIpc) is 3.27. The van der Waals surface area contributed by atoms with Crippen molar-refractivity contribution >= 4 is 58.9 Å². The second-order valence-electron chi connectivity index (χ2n) is 19.3. The lowest BCUT2D eigenvalue weighted by Gasteiger charge is -2.28. The minimum absolute atomic E-state index is 0.0476. The van der Waals surface area contributed by atoms with Gasteiger partial charge in [0.05, 0.1) is 67.2 Å². The molecule has 70 heavy (non-hydrogen) atoms. The summed E-state index contributed by atoms with van der Waals surface area (Å²) in [5.74, 6) is -2.99. The highest BCUT2D eigenvalue weighted by Gasteiger charge is 2.32. The van der Waals surface area contributed by atoms with Crippen LogP contribution in [-0.4, -0.2) is 94.0 Å². The summed E-state index contributed by atoms with van der Waals surface area (Å²) < 4.78 is 20.8. The Morgan fingerprint density at radius 2 is 1.21 bits per heavy atom. The largest absolute Gasteiger partial charge is 0.453 e. The Bertz CT molecular complexity index is 2610. The van der Waals surface area contributed by atoms with E-state index in [0.717, 1.165) is 0 Å². The molecule has 2 aliphatic rings. The number of benzene rings is 2. The molecule has 2 aliphatic heterocycles. The van der Waals surface area contributed by atoms with Gasteiger partial charge in [-0.1, -0.05) is 19.1 Å². The van der Waals surface area contributed by atoms with E-state index in [4.69, 9.17) is 23.9 Å². The molecule has 0 fully saturated rings. The summed E-state index contributed by atoms with van der Waals surface area (Å²) in [6.45, 7) is 11.9. The lowest BCUT2D eigenvalue weighted by atomic mass is 9.89. The van der Waals surface area contributed by atoms with Gasteiger partial charge < -0.3 is 50.4 Å². The van der Waals surface area contributed by atoms with E-state index in [9.17, 15) is 39.0 Å². The number of alkyl carbamates (subject to hydrolysis) is 2. The molecule has 20 heteroatoms. The van der Waals surface area contributed by atoms with Crippen LogP contribution in [0.4, 0.5) is 41.9 Å². The van der Waals surface area contributed by atoms with Crippen molar-refractivity contribution in [2.75, 3.05) is 35.5 Å². The van der Waals surface area contributed by atoms with Crippen LogP contribution in [0.1, 0.15) is 103 Å². The molecule has 2 unspecified atom stereocenters. The Labute approximate surface area is 406 Å². The van der Waals surface area contributed by atoms with Crippen molar-refractivity contribution in [1.29, 1.82) is 0 Å². The highest BCUT2D eigenvalue weighted by atomic mass is 16.6. The van der Waals surface area contributed by atoms with Gasteiger partial charge in [-0.2, -0.15) is 0 Å². The molecular formula is C50H62N8O12. The van der Waals surface area contributed by atoms with Crippen molar-refractivity contribution in [3.63, 3.8) is 0 Å². The van der Waals surface area contributed by atoms with E-state index in [1.54, 1.807) is 109 Å². The number of hydrogen-bond acceptors (Lipinski definition) is 14. The number of pyridine rings is 2. The summed E-state index contributed by atoms with van der Waals surface area (Å²) in [4.78, 5) is 89.5. The number of fused-ring (bicyclic) bond motifs is 8. The Balaban J connectivity index is 1.50. The predicted molar refractivity (Wildman–Crippen MR) is 260 cm³/mol. The van der Waals surface area contributed by atoms with E-state index < -0.39 is 83.5 Å². The SMILES string of the molecule is COC(=O)Nc1ccc2c(c1)NC(=O)[C@H](Cc1cc3cc(n1)[C@@H](NC(=O)OC(C)(C)C)CCC(O)[C@@H](C)C(=O)Nc1cc(NC(=O)OC)ccc1-3)CC(O)C[C@H](NC(=O)OC(C)(C)C)c1cc-2ccn1. The third-order valence-electron chi connectivity index (χ3n) is 11.4. The molecule has 0 saturated carbocycles. The molecule has 0 aliphatic carbocycles. The number of amides is 6. The van der Waals surface area contributed by atoms with Crippen LogP contribution in [-0.2, 0) is 35.0 Å². The second kappa shape index (κ2) is 22.0. The molecule has 2 aromatic carbocycles. The van der Waals surface area contributed by atoms with Gasteiger partial charge in [-0.15, -0.1) is 0 Å². The number of carbonyl (C=O) groups excluding carboxylic acids is 6. The van der Waals surface area contributed by atoms with Gasteiger partial charge in [0.2, 0.25) is 11.8 Å². The summed E-state index contributed by atoms with van der Waals surface area (Å²) in [5, 5.41) is 40.2. The Hall–Kier alpha value is -7.32. The fourth-order valence-corrected chi connectivity index (χ4v) is 8.07. The van der Waals surface area contributed by atoms with Crippen molar-refractivity contribution in [3.05, 3.63) is 83.9 Å². The molecule has 4 heterocycles. The molecule has 6 rings (SSSR count). The minimum Gasteiger partial charge on any atom is -0.453 e. The predicted octanol–water partition coefficient (Wildman–Crippen LogP) is 7.98. The number of nitrogens with zero attached hydrogens (tertiary/aromatic N) is 2. The molecule has 374 valence electrons. The first-order valence-corrected chi connectivity index (χ1v) is 22.9. The molecule has 2 aromatic heterocycles. The van der Waals surface area contributed by atoms with E-state index in [-0.39, 0.29) is 43.5 Å². The molecule has 6 atom stereocenters. The third kappa shape index (κ3) is 14.1. The van der Waals surface area contributed by atoms with Gasteiger partial charge in [0.15, 0.2) is 0 Å². The molecule has 0 radical (unpaired) electrons. The van der Waals surface area contributed by atoms with Crippen molar-refractivity contribution in [1.82, 2.24) is 20.6 Å². The highest BCUT2D eigenvalue weighted by molar-refractivity contribution is 6.00. The molecule has 4 bridgehead atoms. The number of hydrogen-bond donors (Lipinski definition) is 8. The molecule has 6 amide bonds. The van der Waals surface area contributed by atoms with Gasteiger partial charge >= 0.3 is 24.4 Å². The number of aromatic nitrogens is 2. The monoisotopic (exact) mass is 966 g/mol. The fourth-order valence-electron chi connectivity index (χ4n) is 8.07. The Kier molecular flexibility index (Phi) is 16.3. The number of aliphatic hydroxyl groups excluding tert-OH is 2. The van der Waals surface area contributed by atoms with Gasteiger partial charge in [-0.05, 0) is 127 Å². The molecule has 0 spiro atoms. The third-order valence-corrected chi connectivity index (χ3v) is 11.4. The van der Waals surface area contributed by atoms with E-state index in [1.807, 2.05) is 0 Å². The van der Waals surface area contributed by atoms with E-state index in [0.29, 0.717) is 50.7 Å². The topological polar surface area (TPSA) is 278 Å². The summed E-state index contributed by atoms with van der Waals surface area (Å²) in [6.07, 6.45) is -4.01. The molecule has 20 nitrogen and oxygen atoms in total. The quantitative estimate of drug-likeness (QED) is 0.0851. The first-order valence-electron chi connectivity index (χ1n) is 22.9. The maximum Gasteiger partial charge on any atom is 0.411 e. The van der Waals surface area contributed by atoms with Crippen LogP contribution in [0, 0.1) is 11.8 Å². The van der Waals surface area contributed by atoms with Crippen LogP contribution in [0.5, 0.6) is 0 Å². The zero-order chi connectivity index (χ0) is 51.1. The Morgan fingerprint density at radius 3 is 1.79 bits per heavy atom. The number of methoxy groups -OCH3 is 2. The maximum absolute atomic E-state index is 14.9. The van der Waals surface area contributed by atoms with Crippen molar-refractivity contribution < 1.29 is 57.9 Å². The van der Waals surface area contributed by atoms with E-state index in [2.05, 4.69) is 36.9 Å². The lowest BCUT2D eigenvalue weighted by Crippen LogP contribution is -2.37. The van der Waals surface area contributed by atoms with Crippen LogP contribution in [0.25, 0.3) is 22.3 Å². The molecule has 4 aromatic rings. The van der Waals surface area contributed by atoms with Gasteiger partial charge in [0.25, 0.3) is 0 Å². The standard InChI is InChI=1S/C50H62N8O12/c1-26-42(60)15-14-36(57-47(65)69-49(2,3)4)40-22-28(35-13-11-31(54-46(64)68-9)24-38(35)55-43(26)61)18-32(52-40)19-29-20-33(59)25-41(58-48(66)70-50(5,6)7)39-21-27(16-17-51-39)34-12-10-30(53-45(63)67-8)23-37(34)56-44(29)62/h10-13,16-18,21-24,26,29,33,36,41-42,59-60H,14-15,19-20,25H2,1-9H3,(H,53,63)(H,54,64)(H,55,61)(H,56,62)(H,57,65)(H,58,66)/t26-,29-,33?,36+,41+,42?/m1/s1. The number of ether oxygens (including phenoxy) is 4. The maximum atomic E-state index is 14.9. The number of nitrogens with one attached hydrogen (secondary N) is 6. The van der Waals surface area contributed by atoms with Crippen molar-refractivity contribution in [2.45, 2.75) is 116 Å². The van der Waals surface area contributed by atoms with Crippen LogP contribution in [0.15, 0.2) is 66.9 Å². The minimum atomic E-state index is -1.23. The second-order valence-corrected chi connectivity index (χ2v) is 19.3. The summed E-state index contributed by atoms with van der Waals surface area (Å²) in [6, 6.07) is 14.8. The lowest BCUT2D eigenvalue weighted by molar-refractivity contribution is -0.123. The highest BCUT2D eigenvalue weighted by Crippen LogP contribution is 2.38. The van der Waals surface area contributed by atoms with Crippen LogP contribution in [0.2, 0.25) is 0 Å². The molecule has 0 saturated heterocycles. The first-order chi connectivity index (χ1) is 33.0. The zero-order valence-electron chi connectivity index (χ0n) is 40.7. The average molecular weight is 967 g/mol. The van der Waals surface area contributed by atoms with Gasteiger partial charge in [0, 0.05) is 46.7 Å². The number of carbonyl (C=O) groups is 6. The van der Waals surface area contributed by atoms with E-state index >= 15 is 0 Å². The van der Waals surface area contributed by atoms with Gasteiger partial charge in [-0.25, -0.2) is 19.2 Å². The van der Waals surface area contributed by atoms with Gasteiger partial charge in [0.1, 0.15) is 11.2 Å². The zero-order valence-corrected chi connectivity index (χ0v) is 40.7. The van der Waals surface area contributed by atoms with Crippen molar-refractivity contribution in [2.24, 2.45) is 11.8 Å². The number of aliphatic hydroxyl groups is 2. The molecule has 8 N–H and O–H groups in total.